The number of hydrogen-bond acceptors (Lipinski definition) is 2. The molecule has 0 saturated heterocycles. The molecule has 2 heterocycles. The molecule has 66 valence electrons. The van der Waals surface area contributed by atoms with Crippen LogP contribution in [-0.2, 0) is 4.79 Å². The van der Waals surface area contributed by atoms with Crippen molar-refractivity contribution in [2.45, 2.75) is 0 Å². The van der Waals surface area contributed by atoms with Crippen molar-refractivity contribution in [3.63, 3.8) is 0 Å². The van der Waals surface area contributed by atoms with Crippen LogP contribution in [0.1, 0.15) is 0 Å². The third-order valence-electron chi connectivity index (χ3n) is 1.70. The molecule has 2 rings (SSSR count). The second kappa shape index (κ2) is 3.45. The van der Waals surface area contributed by atoms with Crippen molar-refractivity contribution < 1.29 is 4.79 Å². The third kappa shape index (κ3) is 1.48. The first-order chi connectivity index (χ1) is 6.42. The van der Waals surface area contributed by atoms with Gasteiger partial charge in [-0.05, 0) is 23.6 Å². The summed E-state index contributed by atoms with van der Waals surface area (Å²) in [6.07, 6.45) is 4.58. The Morgan fingerprint density at radius 3 is 2.85 bits per heavy atom. The van der Waals surface area contributed by atoms with Gasteiger partial charge < -0.3 is 9.88 Å². The highest BCUT2D eigenvalue weighted by Crippen LogP contribution is 2.25. The van der Waals surface area contributed by atoms with Gasteiger partial charge in [0, 0.05) is 12.4 Å². The SMILES string of the molecule is O=CNc1ccsc1-n1cccc1. The van der Waals surface area contributed by atoms with Crippen LogP contribution in [0, 0.1) is 0 Å². The lowest BCUT2D eigenvalue weighted by molar-refractivity contribution is -0.105. The van der Waals surface area contributed by atoms with Gasteiger partial charge in [0.2, 0.25) is 6.41 Å². The van der Waals surface area contributed by atoms with Crippen LogP contribution in [-0.4, -0.2) is 11.0 Å². The number of nitrogens with zero attached hydrogens (tertiary/aromatic N) is 1. The van der Waals surface area contributed by atoms with Gasteiger partial charge >= 0.3 is 0 Å². The molecule has 2 aromatic rings. The van der Waals surface area contributed by atoms with Gasteiger partial charge in [0.05, 0.1) is 5.69 Å². The first kappa shape index (κ1) is 8.07. The van der Waals surface area contributed by atoms with Crippen LogP contribution < -0.4 is 5.32 Å². The highest BCUT2D eigenvalue weighted by molar-refractivity contribution is 7.13. The van der Waals surface area contributed by atoms with E-state index < -0.39 is 0 Å². The number of nitrogens with one attached hydrogen (secondary N) is 1. The summed E-state index contributed by atoms with van der Waals surface area (Å²) in [7, 11) is 0. The predicted molar refractivity (Wildman–Crippen MR) is 53.3 cm³/mol. The molecule has 13 heavy (non-hydrogen) atoms. The Balaban J connectivity index is 2.40. The van der Waals surface area contributed by atoms with E-state index in [1.807, 2.05) is 40.5 Å². The van der Waals surface area contributed by atoms with E-state index in [-0.39, 0.29) is 0 Å². The molecule has 1 amide bonds. The van der Waals surface area contributed by atoms with Crippen molar-refractivity contribution in [1.29, 1.82) is 0 Å². The summed E-state index contributed by atoms with van der Waals surface area (Å²) in [5.41, 5.74) is 0.844. The molecule has 0 fully saturated rings. The molecule has 0 aromatic carbocycles. The maximum atomic E-state index is 10.3. The molecule has 2 aromatic heterocycles. The Morgan fingerprint density at radius 2 is 2.15 bits per heavy atom. The molecule has 0 radical (unpaired) electrons. The minimum absolute atomic E-state index is 0.690. The maximum Gasteiger partial charge on any atom is 0.211 e. The van der Waals surface area contributed by atoms with Crippen molar-refractivity contribution in [2.75, 3.05) is 5.32 Å². The second-order valence-electron chi connectivity index (χ2n) is 2.49. The highest BCUT2D eigenvalue weighted by atomic mass is 32.1. The van der Waals surface area contributed by atoms with Crippen molar-refractivity contribution in [3.05, 3.63) is 36.0 Å². The summed E-state index contributed by atoms with van der Waals surface area (Å²) < 4.78 is 1.97. The van der Waals surface area contributed by atoms with Crippen LogP contribution in [0.2, 0.25) is 0 Å². The lowest BCUT2D eigenvalue weighted by atomic mass is 10.5. The van der Waals surface area contributed by atoms with E-state index in [4.69, 9.17) is 0 Å². The summed E-state index contributed by atoms with van der Waals surface area (Å²) in [4.78, 5) is 10.3. The fraction of sp³-hybridized carbons (Fsp3) is 0. The molecule has 4 heteroatoms. The van der Waals surface area contributed by atoms with Crippen LogP contribution in [0.25, 0.3) is 5.00 Å². The van der Waals surface area contributed by atoms with Gasteiger partial charge in [0.15, 0.2) is 0 Å². The van der Waals surface area contributed by atoms with Crippen molar-refractivity contribution in [3.8, 4) is 5.00 Å². The third-order valence-corrected chi connectivity index (χ3v) is 2.62. The first-order valence-corrected chi connectivity index (χ1v) is 4.71. The van der Waals surface area contributed by atoms with Gasteiger partial charge in [-0.15, -0.1) is 11.3 Å². The number of amides is 1. The normalized spacial score (nSPS) is 9.85. The number of carbonyl (C=O) groups is 1. The number of hydrogen-bond donors (Lipinski definition) is 1. The average Bonchev–Trinajstić information content (AvgIpc) is 2.71. The number of aromatic nitrogens is 1. The number of carbonyl (C=O) groups excluding carboxylic acids is 1. The number of anilines is 1. The van der Waals surface area contributed by atoms with E-state index in [0.29, 0.717) is 6.41 Å². The minimum Gasteiger partial charge on any atom is -0.326 e. The zero-order valence-electron chi connectivity index (χ0n) is 6.81. The molecule has 0 atom stereocenters. The van der Waals surface area contributed by atoms with Gasteiger partial charge in [-0.1, -0.05) is 0 Å². The fourth-order valence-electron chi connectivity index (χ4n) is 1.14. The van der Waals surface area contributed by atoms with Crippen LogP contribution in [0.4, 0.5) is 5.69 Å². The Bertz CT molecular complexity index is 391. The van der Waals surface area contributed by atoms with Gasteiger partial charge in [-0.3, -0.25) is 4.79 Å². The summed E-state index contributed by atoms with van der Waals surface area (Å²) in [5.74, 6) is 0. The molecule has 0 unspecified atom stereocenters. The first-order valence-electron chi connectivity index (χ1n) is 3.83. The summed E-state index contributed by atoms with van der Waals surface area (Å²) in [5, 5.41) is 5.62. The van der Waals surface area contributed by atoms with Crippen LogP contribution in [0.5, 0.6) is 0 Å². The second-order valence-corrected chi connectivity index (χ2v) is 3.39. The van der Waals surface area contributed by atoms with Gasteiger partial charge in [-0.25, -0.2) is 0 Å². The molecular weight excluding hydrogens is 184 g/mol. The molecule has 0 aliphatic carbocycles. The van der Waals surface area contributed by atoms with E-state index in [0.717, 1.165) is 10.7 Å². The maximum absolute atomic E-state index is 10.3. The van der Waals surface area contributed by atoms with Crippen molar-refractivity contribution >= 4 is 23.4 Å². The highest BCUT2D eigenvalue weighted by Gasteiger charge is 2.03. The van der Waals surface area contributed by atoms with E-state index in [1.54, 1.807) is 11.3 Å². The fourth-order valence-corrected chi connectivity index (χ4v) is 1.97. The van der Waals surface area contributed by atoms with Crippen LogP contribution in [0.15, 0.2) is 36.0 Å². The molecule has 3 nitrogen and oxygen atoms in total. The molecule has 0 aliphatic rings. The van der Waals surface area contributed by atoms with Gasteiger partial charge in [0.25, 0.3) is 0 Å². The minimum atomic E-state index is 0.690. The monoisotopic (exact) mass is 192 g/mol. The van der Waals surface area contributed by atoms with Crippen LogP contribution in [0.3, 0.4) is 0 Å². The zero-order valence-corrected chi connectivity index (χ0v) is 7.62. The predicted octanol–water partition coefficient (Wildman–Crippen LogP) is 2.11. The molecule has 0 aliphatic heterocycles. The van der Waals surface area contributed by atoms with Gasteiger partial charge in [-0.2, -0.15) is 0 Å². The molecular formula is C9H8N2OS. The molecule has 0 saturated carbocycles. The lowest BCUT2D eigenvalue weighted by Gasteiger charge is -2.01. The summed E-state index contributed by atoms with van der Waals surface area (Å²) in [6.45, 7) is 0. The largest absolute Gasteiger partial charge is 0.326 e. The Kier molecular flexibility index (Phi) is 2.14. The standard InChI is InChI=1S/C9H8N2OS/c12-7-10-8-3-6-13-9(8)11-4-1-2-5-11/h1-7H,(H,10,12). The van der Waals surface area contributed by atoms with E-state index in [9.17, 15) is 4.79 Å². The zero-order chi connectivity index (χ0) is 9.10. The van der Waals surface area contributed by atoms with Crippen molar-refractivity contribution in [2.24, 2.45) is 0 Å². The quantitative estimate of drug-likeness (QED) is 0.742. The summed E-state index contributed by atoms with van der Waals surface area (Å²) >= 11 is 1.59. The van der Waals surface area contributed by atoms with E-state index in [1.165, 1.54) is 0 Å². The van der Waals surface area contributed by atoms with Gasteiger partial charge in [0.1, 0.15) is 5.00 Å². The average molecular weight is 192 g/mol. The summed E-state index contributed by atoms with van der Waals surface area (Å²) in [6, 6.07) is 5.78. The van der Waals surface area contributed by atoms with Crippen molar-refractivity contribution in [1.82, 2.24) is 4.57 Å². The number of rotatable bonds is 3. The Labute approximate surface area is 79.6 Å². The lowest BCUT2D eigenvalue weighted by Crippen LogP contribution is -1.96. The topological polar surface area (TPSA) is 34.0 Å². The molecule has 1 N–H and O–H groups in total. The Hall–Kier alpha value is -1.55. The number of thiophene rings is 1. The van der Waals surface area contributed by atoms with E-state index >= 15 is 0 Å². The van der Waals surface area contributed by atoms with E-state index in [2.05, 4.69) is 5.32 Å². The smallest absolute Gasteiger partial charge is 0.211 e. The Morgan fingerprint density at radius 1 is 1.38 bits per heavy atom. The molecule has 0 bridgehead atoms. The van der Waals surface area contributed by atoms with Crippen LogP contribution >= 0.6 is 11.3 Å². The molecule has 0 spiro atoms.